The lowest BCUT2D eigenvalue weighted by Crippen LogP contribution is -2.61. The van der Waals surface area contributed by atoms with Crippen LogP contribution in [0.2, 0.25) is 0 Å². The fourth-order valence-corrected chi connectivity index (χ4v) is 21.1. The Kier molecular flexibility index (Phi) is 15.3. The van der Waals surface area contributed by atoms with Crippen LogP contribution in [0.15, 0.2) is 431 Å². The minimum Gasteiger partial charge on any atom is -0.458 e. The van der Waals surface area contributed by atoms with E-state index in [0.717, 1.165) is 45.4 Å². The van der Waals surface area contributed by atoms with Crippen LogP contribution in [0.25, 0.3) is 143 Å². The van der Waals surface area contributed by atoms with Crippen LogP contribution < -0.4 is 52.2 Å². The molecule has 0 spiro atoms. The van der Waals surface area contributed by atoms with Crippen molar-refractivity contribution in [2.45, 2.75) is 0 Å². The first-order chi connectivity index (χ1) is 59.6. The molecule has 25 rings (SSSR count). The van der Waals surface area contributed by atoms with Crippen molar-refractivity contribution in [3.8, 4) is 89.4 Å². The van der Waals surface area contributed by atoms with Gasteiger partial charge in [0.25, 0.3) is 13.4 Å². The lowest BCUT2D eigenvalue weighted by molar-refractivity contribution is 0.487. The van der Waals surface area contributed by atoms with E-state index < -0.39 is 0 Å². The van der Waals surface area contributed by atoms with Crippen LogP contribution in [0.5, 0.6) is 11.5 Å². The molecule has 0 bridgehead atoms. The number of nitrogens with zero attached hydrogens (tertiary/aromatic N) is 3. The Morgan fingerprint density at radius 3 is 0.750 bits per heavy atom. The SMILES string of the molecule is c1ccc(-c2c3ccccc3c(-c3ccc(N4c5ccccc5B5c6ccccc6N(c6ccc(-c7c8ccccc8c(-c8cccc(-c9cccc(-c%10c%11ccccc%11c(-c%11ccc(N%12c%13ccccc%13B%13c%14ccccc%14Oc%14cccc%12c%14%13)cc%11)c%11ccccc%10%11)c9)c8)c8ccccc78)cc6)c6cccc4c65)cc3)c3ccccc23)cc1. The second kappa shape index (κ2) is 27.1. The molecule has 0 atom stereocenters. The van der Waals surface area contributed by atoms with Crippen LogP contribution in [0.1, 0.15) is 0 Å². The highest BCUT2D eigenvalue weighted by atomic mass is 16.5. The maximum atomic E-state index is 6.65. The summed E-state index contributed by atoms with van der Waals surface area (Å²) in [5.41, 5.74) is 34.8. The minimum absolute atomic E-state index is 0.0172. The molecule has 0 amide bonds. The fourth-order valence-electron chi connectivity index (χ4n) is 21.1. The zero-order valence-electron chi connectivity index (χ0n) is 65.4. The summed E-state index contributed by atoms with van der Waals surface area (Å²) in [7, 11) is 0. The van der Waals surface area contributed by atoms with Crippen LogP contribution in [-0.2, 0) is 0 Å². The zero-order chi connectivity index (χ0) is 78.6. The molecule has 0 unspecified atom stereocenters. The van der Waals surface area contributed by atoms with Crippen molar-refractivity contribution in [3.63, 3.8) is 0 Å². The summed E-state index contributed by atoms with van der Waals surface area (Å²) >= 11 is 0. The van der Waals surface area contributed by atoms with Gasteiger partial charge in [0.2, 0.25) is 0 Å². The third-order valence-corrected chi connectivity index (χ3v) is 26.1. The fraction of sp³-hybridized carbons (Fsp3) is 0. The normalized spacial score (nSPS) is 12.8. The first-order valence-corrected chi connectivity index (χ1v) is 41.7. The third-order valence-electron chi connectivity index (χ3n) is 26.1. The van der Waals surface area contributed by atoms with E-state index in [9.17, 15) is 0 Å². The Morgan fingerprint density at radius 2 is 0.392 bits per heavy atom. The minimum atomic E-state index is 0.0172. The predicted octanol–water partition coefficient (Wildman–Crippen LogP) is 26.8. The molecule has 4 aliphatic rings. The van der Waals surface area contributed by atoms with Gasteiger partial charge in [0.05, 0.1) is 0 Å². The first kappa shape index (κ1) is 67.8. The van der Waals surface area contributed by atoms with E-state index in [-0.39, 0.29) is 13.4 Å². The van der Waals surface area contributed by atoms with Crippen LogP contribution in [0.3, 0.4) is 0 Å². The number of hydrogen-bond acceptors (Lipinski definition) is 4. The van der Waals surface area contributed by atoms with Gasteiger partial charge in [-0.2, -0.15) is 0 Å². The average Bonchev–Trinajstić information content (AvgIpc) is 0.703. The van der Waals surface area contributed by atoms with Gasteiger partial charge in [-0.15, -0.1) is 0 Å². The Morgan fingerprint density at radius 1 is 0.158 bits per heavy atom. The van der Waals surface area contributed by atoms with Gasteiger partial charge >= 0.3 is 0 Å². The number of benzene rings is 21. The van der Waals surface area contributed by atoms with Gasteiger partial charge in [-0.25, -0.2) is 0 Å². The number of fused-ring (bicyclic) bond motifs is 14. The van der Waals surface area contributed by atoms with Gasteiger partial charge in [-0.3, -0.25) is 0 Å². The van der Waals surface area contributed by atoms with Crippen LogP contribution in [0.4, 0.5) is 51.2 Å². The molecule has 0 radical (unpaired) electrons. The molecule has 0 saturated carbocycles. The summed E-state index contributed by atoms with van der Waals surface area (Å²) in [5.74, 6) is 1.83. The summed E-state index contributed by atoms with van der Waals surface area (Å²) < 4.78 is 6.65. The monoisotopic (exact) mass is 1520 g/mol. The number of para-hydroxylation sites is 4. The lowest BCUT2D eigenvalue weighted by Gasteiger charge is -2.44. The smallest absolute Gasteiger partial charge is 0.256 e. The van der Waals surface area contributed by atoms with Gasteiger partial charge in [-0.05, 0) is 272 Å². The molecule has 0 fully saturated rings. The molecule has 4 heterocycles. The standard InChI is InChI=1S/C114H71B2N3O/c1-2-28-72(29-3-1)107-83-34-4-6-36-85(83)108(86-37-7-5-35-84(86)107)73-58-64-80(65-59-73)117-99-50-20-16-46-95(99)115-96-47-17-21-51-100(96)118(103-54-26-53-102(117)113(103)115)81-66-60-74(61-67-81)109-87-38-8-12-42-91(87)111(92-43-13-9-39-88(92)109)78-32-24-30-76(70-78)77-31-25-33-79(71-77)112-93-44-14-10-40-89(93)110(90-41-11-15-45-94(90)112)75-62-68-82(69-63-75)119-101-52-22-18-48-97(101)116-98-49-19-23-56-105(98)120-106-57-27-55-104(119)114(106)116/h1-71H. The van der Waals surface area contributed by atoms with E-state index in [1.54, 1.807) is 0 Å². The second-order valence-corrected chi connectivity index (χ2v) is 32.3. The van der Waals surface area contributed by atoms with E-state index in [4.69, 9.17) is 4.74 Å². The molecule has 6 heteroatoms. The predicted molar refractivity (Wildman–Crippen MR) is 509 cm³/mol. The number of anilines is 9. The van der Waals surface area contributed by atoms with Crippen LogP contribution in [0, 0.1) is 0 Å². The van der Waals surface area contributed by atoms with E-state index >= 15 is 0 Å². The molecule has 4 aliphatic heterocycles. The molecule has 0 aliphatic carbocycles. The number of ether oxygens (including phenoxy) is 1. The number of hydrogen-bond donors (Lipinski definition) is 0. The molecule has 21 aromatic carbocycles. The highest BCUT2D eigenvalue weighted by Gasteiger charge is 2.44. The summed E-state index contributed by atoms with van der Waals surface area (Å²) in [4.78, 5) is 7.44. The average molecular weight is 1520 g/mol. The summed E-state index contributed by atoms with van der Waals surface area (Å²) in [6, 6.07) is 160. The van der Waals surface area contributed by atoms with Gasteiger partial charge in [-0.1, -0.05) is 334 Å². The van der Waals surface area contributed by atoms with E-state index in [1.165, 1.54) is 193 Å². The second-order valence-electron chi connectivity index (χ2n) is 32.3. The summed E-state index contributed by atoms with van der Waals surface area (Å²) in [5, 5.41) is 14.7. The third kappa shape index (κ3) is 10.3. The molecule has 120 heavy (non-hydrogen) atoms. The Labute approximate surface area is 696 Å². The van der Waals surface area contributed by atoms with Gasteiger partial charge in [0, 0.05) is 51.2 Å². The maximum absolute atomic E-state index is 6.65. The van der Waals surface area contributed by atoms with E-state index in [2.05, 4.69) is 445 Å². The topological polar surface area (TPSA) is 19.0 Å². The van der Waals surface area contributed by atoms with Crippen molar-refractivity contribution in [2.75, 3.05) is 14.7 Å². The molecular weight excluding hydrogens is 1450 g/mol. The number of rotatable bonds is 10. The Balaban J connectivity index is 0.551. The van der Waals surface area contributed by atoms with Gasteiger partial charge < -0.3 is 19.4 Å². The van der Waals surface area contributed by atoms with Crippen LogP contribution in [-0.4, -0.2) is 13.4 Å². The van der Waals surface area contributed by atoms with Gasteiger partial charge in [0.15, 0.2) is 0 Å². The summed E-state index contributed by atoms with van der Waals surface area (Å²) in [6.45, 7) is 0.0882. The van der Waals surface area contributed by atoms with Gasteiger partial charge in [0.1, 0.15) is 11.5 Å². The van der Waals surface area contributed by atoms with Crippen molar-refractivity contribution in [1.29, 1.82) is 0 Å². The Hall–Kier alpha value is -15.5. The Bertz CT molecular complexity index is 7680. The molecule has 0 saturated heterocycles. The van der Waals surface area contributed by atoms with E-state index in [1.807, 2.05) is 0 Å². The lowest BCUT2D eigenvalue weighted by atomic mass is 9.33. The highest BCUT2D eigenvalue weighted by molar-refractivity contribution is 7.00. The molecule has 21 aromatic rings. The first-order valence-electron chi connectivity index (χ1n) is 41.7. The highest BCUT2D eigenvalue weighted by Crippen LogP contribution is 2.52. The van der Waals surface area contributed by atoms with Crippen molar-refractivity contribution in [1.82, 2.24) is 0 Å². The molecule has 4 nitrogen and oxygen atoms in total. The maximum Gasteiger partial charge on any atom is 0.256 e. The largest absolute Gasteiger partial charge is 0.458 e. The molecule has 554 valence electrons. The van der Waals surface area contributed by atoms with Crippen LogP contribution >= 0.6 is 0 Å². The van der Waals surface area contributed by atoms with Crippen molar-refractivity contribution in [3.05, 3.63) is 431 Å². The quantitative estimate of drug-likeness (QED) is 0.100. The van der Waals surface area contributed by atoms with Crippen molar-refractivity contribution in [2.24, 2.45) is 0 Å². The molecule has 0 N–H and O–H groups in total. The van der Waals surface area contributed by atoms with Crippen molar-refractivity contribution >= 4 is 162 Å². The zero-order valence-corrected chi connectivity index (χ0v) is 65.4. The van der Waals surface area contributed by atoms with E-state index in [0.29, 0.717) is 0 Å². The molecule has 0 aromatic heterocycles. The van der Waals surface area contributed by atoms with Crippen molar-refractivity contribution < 1.29 is 4.74 Å². The summed E-state index contributed by atoms with van der Waals surface area (Å²) in [6.07, 6.45) is 0. The molecular formula is C114H71B2N3O.